The van der Waals surface area contributed by atoms with Crippen LogP contribution in [0.3, 0.4) is 0 Å². The number of H-pyrrole nitrogens is 1. The van der Waals surface area contributed by atoms with Crippen molar-refractivity contribution in [1.82, 2.24) is 19.8 Å². The Balaban J connectivity index is 1.82. The smallest absolute Gasteiger partial charge is 0.274 e. The highest BCUT2D eigenvalue weighted by Crippen LogP contribution is 2.26. The number of aryl methyl sites for hydroxylation is 1. The number of rotatable bonds is 1. The number of aromatic nitrogens is 2. The van der Waals surface area contributed by atoms with Crippen molar-refractivity contribution in [2.45, 2.75) is 32.2 Å². The van der Waals surface area contributed by atoms with Gasteiger partial charge in [0, 0.05) is 31.4 Å². The molecule has 0 aliphatic carbocycles. The van der Waals surface area contributed by atoms with Crippen LogP contribution in [0.4, 0.5) is 0 Å². The molecule has 0 saturated carbocycles. The van der Waals surface area contributed by atoms with Crippen LogP contribution in [0.15, 0.2) is 6.33 Å². The van der Waals surface area contributed by atoms with Gasteiger partial charge in [-0.05, 0) is 32.7 Å². The number of aromatic amines is 1. The van der Waals surface area contributed by atoms with Crippen LogP contribution in [-0.2, 0) is 0 Å². The number of fused-ring (bicyclic) bond motifs is 3. The van der Waals surface area contributed by atoms with E-state index in [1.165, 1.54) is 19.3 Å². The van der Waals surface area contributed by atoms with Gasteiger partial charge in [0.15, 0.2) is 0 Å². The van der Waals surface area contributed by atoms with Crippen LogP contribution < -0.4 is 0 Å². The second kappa shape index (κ2) is 4.96. The zero-order valence-corrected chi connectivity index (χ0v) is 11.7. The summed E-state index contributed by atoms with van der Waals surface area (Å²) in [6.45, 7) is 4.75. The summed E-state index contributed by atoms with van der Waals surface area (Å²) in [4.78, 5) is 24.2. The molecule has 5 nitrogen and oxygen atoms in total. The Morgan fingerprint density at radius 1 is 1.37 bits per heavy atom. The maximum atomic E-state index is 12.6. The summed E-state index contributed by atoms with van der Waals surface area (Å²) in [6, 6.07) is 0.510. The molecule has 1 aromatic rings. The first-order chi connectivity index (χ1) is 9.15. The zero-order chi connectivity index (χ0) is 13.4. The summed E-state index contributed by atoms with van der Waals surface area (Å²) in [5.74, 6) is 0.701. The molecule has 1 aromatic heterocycles. The first-order valence-corrected chi connectivity index (χ1v) is 7.14. The largest absolute Gasteiger partial charge is 0.348 e. The van der Waals surface area contributed by atoms with Crippen molar-refractivity contribution in [3.05, 3.63) is 17.7 Å². The van der Waals surface area contributed by atoms with Crippen LogP contribution in [0.1, 0.15) is 35.4 Å². The number of carbonyl (C=O) groups excluding carboxylic acids is 1. The molecule has 1 amide bonds. The van der Waals surface area contributed by atoms with Gasteiger partial charge in [0.2, 0.25) is 0 Å². The zero-order valence-electron chi connectivity index (χ0n) is 11.7. The molecule has 2 fully saturated rings. The average molecular weight is 262 g/mol. The average Bonchev–Trinajstić information content (AvgIpc) is 2.61. The van der Waals surface area contributed by atoms with Gasteiger partial charge in [-0.25, -0.2) is 4.98 Å². The number of hydrogen-bond donors (Lipinski definition) is 1. The molecular weight excluding hydrogens is 240 g/mol. The number of likely N-dealkylation sites (N-methyl/N-ethyl adjacent to an activating group) is 1. The molecule has 0 unspecified atom stereocenters. The number of amides is 1. The van der Waals surface area contributed by atoms with E-state index in [0.717, 1.165) is 25.3 Å². The van der Waals surface area contributed by atoms with Crippen LogP contribution in [0.2, 0.25) is 0 Å². The van der Waals surface area contributed by atoms with Crippen LogP contribution in [0.5, 0.6) is 0 Å². The fraction of sp³-hybridized carbons (Fsp3) is 0.714. The van der Waals surface area contributed by atoms with Gasteiger partial charge >= 0.3 is 0 Å². The Labute approximate surface area is 114 Å². The summed E-state index contributed by atoms with van der Waals surface area (Å²) >= 11 is 0. The summed E-state index contributed by atoms with van der Waals surface area (Å²) in [6.07, 6.45) is 5.34. The van der Waals surface area contributed by atoms with Crippen LogP contribution in [-0.4, -0.2) is 58.4 Å². The van der Waals surface area contributed by atoms with Gasteiger partial charge in [-0.15, -0.1) is 0 Å². The van der Waals surface area contributed by atoms with E-state index < -0.39 is 0 Å². The highest BCUT2D eigenvalue weighted by molar-refractivity contribution is 5.93. The maximum absolute atomic E-state index is 12.6. The summed E-state index contributed by atoms with van der Waals surface area (Å²) in [5.41, 5.74) is 1.45. The molecule has 104 valence electrons. The molecule has 0 radical (unpaired) electrons. The fourth-order valence-electron chi connectivity index (χ4n) is 3.42. The minimum atomic E-state index is 0.0888. The van der Waals surface area contributed by atoms with E-state index in [0.29, 0.717) is 17.7 Å². The van der Waals surface area contributed by atoms with E-state index in [2.05, 4.69) is 21.9 Å². The minimum Gasteiger partial charge on any atom is -0.348 e. The highest BCUT2D eigenvalue weighted by atomic mass is 16.2. The lowest BCUT2D eigenvalue weighted by atomic mass is 9.99. The molecule has 1 N–H and O–H groups in total. The number of carbonyl (C=O) groups is 1. The van der Waals surface area contributed by atoms with Gasteiger partial charge < -0.3 is 14.8 Å². The van der Waals surface area contributed by atoms with Gasteiger partial charge in [0.05, 0.1) is 6.33 Å². The second-order valence-electron chi connectivity index (χ2n) is 5.98. The number of nitrogens with one attached hydrogen (secondary N) is 1. The summed E-state index contributed by atoms with van der Waals surface area (Å²) in [5, 5.41) is 0. The molecule has 2 atom stereocenters. The van der Waals surface area contributed by atoms with Gasteiger partial charge in [0.25, 0.3) is 5.91 Å². The molecule has 3 rings (SSSR count). The molecular formula is C14H22N4O. The quantitative estimate of drug-likeness (QED) is 0.829. The Morgan fingerprint density at radius 3 is 2.95 bits per heavy atom. The van der Waals surface area contributed by atoms with Crippen molar-refractivity contribution in [3.63, 3.8) is 0 Å². The first kappa shape index (κ1) is 12.7. The number of nitrogens with zero attached hydrogens (tertiary/aromatic N) is 3. The van der Waals surface area contributed by atoms with Gasteiger partial charge in [-0.1, -0.05) is 6.42 Å². The third-order valence-corrected chi connectivity index (χ3v) is 4.55. The van der Waals surface area contributed by atoms with Crippen LogP contribution in [0.25, 0.3) is 0 Å². The lowest BCUT2D eigenvalue weighted by Gasteiger charge is -2.29. The molecule has 2 saturated heterocycles. The van der Waals surface area contributed by atoms with Crippen molar-refractivity contribution in [1.29, 1.82) is 0 Å². The molecule has 0 aromatic carbocycles. The predicted molar refractivity (Wildman–Crippen MR) is 73.0 cm³/mol. The molecule has 2 aliphatic rings. The Hall–Kier alpha value is -1.36. The van der Waals surface area contributed by atoms with E-state index in [9.17, 15) is 4.79 Å². The standard InChI is InChI=1S/C14H22N4O/c1-10-13(16-9-15-10)14(19)18-7-11-4-3-5-12(8-18)17(2)6-11/h9,11-12H,3-8H2,1-2H3,(H,15,16)/t11-,12-/m0/s1. The molecule has 3 heterocycles. The Bertz CT molecular complexity index is 470. The number of hydrogen-bond acceptors (Lipinski definition) is 3. The molecule has 0 spiro atoms. The van der Waals surface area contributed by atoms with Crippen LogP contribution >= 0.6 is 0 Å². The van der Waals surface area contributed by atoms with E-state index in [-0.39, 0.29) is 5.91 Å². The van der Waals surface area contributed by atoms with Gasteiger partial charge in [-0.2, -0.15) is 0 Å². The third-order valence-electron chi connectivity index (χ3n) is 4.55. The topological polar surface area (TPSA) is 52.2 Å². The van der Waals surface area contributed by atoms with E-state index in [4.69, 9.17) is 0 Å². The van der Waals surface area contributed by atoms with Crippen molar-refractivity contribution >= 4 is 5.91 Å². The molecule has 5 heteroatoms. The second-order valence-corrected chi connectivity index (χ2v) is 5.98. The maximum Gasteiger partial charge on any atom is 0.274 e. The third kappa shape index (κ3) is 2.39. The summed E-state index contributed by atoms with van der Waals surface area (Å²) in [7, 11) is 2.19. The fourth-order valence-corrected chi connectivity index (χ4v) is 3.42. The number of likely N-dealkylation sites (tertiary alicyclic amines) is 1. The Kier molecular flexibility index (Phi) is 3.31. The molecule has 19 heavy (non-hydrogen) atoms. The lowest BCUT2D eigenvalue weighted by Crippen LogP contribution is -2.42. The van der Waals surface area contributed by atoms with Gasteiger partial charge in [0.1, 0.15) is 5.69 Å². The SMILES string of the molecule is Cc1[nH]cnc1C(=O)N1C[C@H]2CCC[C@@H](C1)N(C)C2. The molecule has 2 bridgehead atoms. The van der Waals surface area contributed by atoms with Gasteiger partial charge in [-0.3, -0.25) is 4.79 Å². The normalized spacial score (nSPS) is 28.2. The highest BCUT2D eigenvalue weighted by Gasteiger charge is 2.33. The van der Waals surface area contributed by atoms with Crippen molar-refractivity contribution < 1.29 is 4.79 Å². The predicted octanol–water partition coefficient (Wildman–Crippen LogP) is 1.27. The Morgan fingerprint density at radius 2 is 2.21 bits per heavy atom. The van der Waals surface area contributed by atoms with E-state index in [1.807, 2.05) is 11.8 Å². The lowest BCUT2D eigenvalue weighted by molar-refractivity contribution is 0.0704. The molecule has 2 aliphatic heterocycles. The number of imidazole rings is 1. The van der Waals surface area contributed by atoms with Crippen molar-refractivity contribution in [2.75, 3.05) is 26.7 Å². The summed E-state index contributed by atoms with van der Waals surface area (Å²) < 4.78 is 0. The van der Waals surface area contributed by atoms with Crippen molar-refractivity contribution in [3.8, 4) is 0 Å². The van der Waals surface area contributed by atoms with E-state index in [1.54, 1.807) is 6.33 Å². The van der Waals surface area contributed by atoms with Crippen molar-refractivity contribution in [2.24, 2.45) is 5.92 Å². The minimum absolute atomic E-state index is 0.0888. The monoisotopic (exact) mass is 262 g/mol. The first-order valence-electron chi connectivity index (χ1n) is 7.14. The van der Waals surface area contributed by atoms with Crippen LogP contribution in [0, 0.1) is 12.8 Å². The van der Waals surface area contributed by atoms with E-state index >= 15 is 0 Å².